The van der Waals surface area contributed by atoms with Gasteiger partial charge in [-0.05, 0) is 37.5 Å². The first-order valence-electron chi connectivity index (χ1n) is 10.7. The average Bonchev–Trinajstić information content (AvgIpc) is 3.26. The second-order valence-corrected chi connectivity index (χ2v) is 10.4. The first-order valence-corrected chi connectivity index (χ1v) is 12.3. The van der Waals surface area contributed by atoms with Gasteiger partial charge in [0.05, 0.1) is 16.6 Å². The summed E-state index contributed by atoms with van der Waals surface area (Å²) < 4.78 is 9.12. The van der Waals surface area contributed by atoms with E-state index in [0.29, 0.717) is 24.2 Å². The van der Waals surface area contributed by atoms with E-state index in [1.807, 2.05) is 49.4 Å². The van der Waals surface area contributed by atoms with Crippen molar-refractivity contribution in [2.75, 3.05) is 5.32 Å². The molecule has 9 heteroatoms. The molecule has 1 aliphatic rings. The highest BCUT2D eigenvalue weighted by molar-refractivity contribution is 7.28. The Bertz CT molecular complexity index is 1420. The predicted octanol–water partition coefficient (Wildman–Crippen LogP) is 5.52. The van der Waals surface area contributed by atoms with Crippen LogP contribution >= 0.6 is 22.7 Å². The molecule has 3 heterocycles. The first-order chi connectivity index (χ1) is 16.4. The molecule has 1 fully saturated rings. The summed E-state index contributed by atoms with van der Waals surface area (Å²) in [5, 5.41) is 16.5. The van der Waals surface area contributed by atoms with Crippen LogP contribution in [0.5, 0.6) is 0 Å². The van der Waals surface area contributed by atoms with E-state index in [-0.39, 0.29) is 0 Å². The van der Waals surface area contributed by atoms with E-state index in [9.17, 15) is 14.7 Å². The zero-order valence-corrected chi connectivity index (χ0v) is 20.1. The van der Waals surface area contributed by atoms with Crippen molar-refractivity contribution in [3.8, 4) is 11.8 Å². The van der Waals surface area contributed by atoms with Gasteiger partial charge in [-0.3, -0.25) is 14.8 Å². The number of hydrogen-bond donors (Lipinski definition) is 2. The highest BCUT2D eigenvalue weighted by Crippen LogP contribution is 2.52. The third-order valence-electron chi connectivity index (χ3n) is 5.87. The Balaban J connectivity index is 1.30. The number of thiophene rings is 2. The topological polar surface area (TPSA) is 93.4 Å². The summed E-state index contributed by atoms with van der Waals surface area (Å²) in [5.74, 6) is 5.94. The van der Waals surface area contributed by atoms with Gasteiger partial charge in [-0.15, -0.1) is 22.7 Å². The quantitative estimate of drug-likeness (QED) is 0.359. The number of anilines is 1. The van der Waals surface area contributed by atoms with Crippen molar-refractivity contribution in [3.63, 3.8) is 0 Å². The first kappa shape index (κ1) is 22.2. The number of carboxylic acid groups (broad SMARTS) is 1. The number of carbonyl (C=O) groups excluding carboxylic acids is 1. The van der Waals surface area contributed by atoms with Crippen LogP contribution in [0.3, 0.4) is 0 Å². The number of aromatic nitrogens is 2. The van der Waals surface area contributed by atoms with Crippen LogP contribution in [0, 0.1) is 11.8 Å². The fourth-order valence-corrected chi connectivity index (χ4v) is 6.20. The lowest BCUT2D eigenvalue weighted by molar-refractivity contribution is -0.139. The number of nitrogens with one attached hydrogen (secondary N) is 1. The minimum atomic E-state index is -0.741. The summed E-state index contributed by atoms with van der Waals surface area (Å²) in [6, 6.07) is 13.5. The van der Waals surface area contributed by atoms with E-state index in [0.717, 1.165) is 24.7 Å². The Kier molecular flexibility index (Phi) is 5.63. The molecule has 0 radical (unpaired) electrons. The third kappa shape index (κ3) is 4.18. The monoisotopic (exact) mass is 491 g/mol. The predicted molar refractivity (Wildman–Crippen MR) is 132 cm³/mol. The Morgan fingerprint density at radius 3 is 2.59 bits per heavy atom. The number of rotatable bonds is 5. The van der Waals surface area contributed by atoms with Crippen molar-refractivity contribution in [3.05, 3.63) is 69.5 Å². The summed E-state index contributed by atoms with van der Waals surface area (Å²) in [6.07, 6.45) is 2.02. The van der Waals surface area contributed by atoms with Crippen LogP contribution in [-0.2, 0) is 22.0 Å². The zero-order valence-electron chi connectivity index (χ0n) is 18.5. The van der Waals surface area contributed by atoms with Gasteiger partial charge in [-0.25, -0.2) is 4.79 Å². The van der Waals surface area contributed by atoms with Crippen LogP contribution < -0.4 is 5.32 Å². The van der Waals surface area contributed by atoms with Crippen LogP contribution in [0.2, 0.25) is 0 Å². The highest BCUT2D eigenvalue weighted by Gasteiger charge is 2.53. The van der Waals surface area contributed by atoms with Crippen LogP contribution in [0.4, 0.5) is 10.6 Å². The fraction of sp³-hybridized carbons (Fsp3) is 0.240. The number of hydrogen-bond acceptors (Lipinski definition) is 6. The molecule has 1 amide bonds. The Morgan fingerprint density at radius 1 is 1.18 bits per heavy atom. The molecular weight excluding hydrogens is 470 g/mol. The molecule has 34 heavy (non-hydrogen) atoms. The minimum absolute atomic E-state index is 0.399. The summed E-state index contributed by atoms with van der Waals surface area (Å²) in [5.41, 5.74) is 0.796. The molecule has 0 bridgehead atoms. The van der Waals surface area contributed by atoms with E-state index in [1.165, 1.54) is 22.7 Å². The van der Waals surface area contributed by atoms with Crippen molar-refractivity contribution < 1.29 is 19.4 Å². The normalized spacial score (nSPS) is 14.8. The number of amides is 1. The number of carbonyl (C=O) groups is 2. The van der Waals surface area contributed by atoms with Crippen LogP contribution in [0.25, 0.3) is 9.40 Å². The fourth-order valence-electron chi connectivity index (χ4n) is 3.71. The molecule has 1 unspecified atom stereocenters. The van der Waals surface area contributed by atoms with Gasteiger partial charge in [0.25, 0.3) is 0 Å². The molecule has 7 nitrogen and oxygen atoms in total. The molecular formula is C25H21N3O4S2. The molecule has 0 saturated heterocycles. The molecule has 1 aromatic carbocycles. The maximum absolute atomic E-state index is 12.5. The number of carboxylic acids is 1. The molecule has 1 atom stereocenters. The van der Waals surface area contributed by atoms with E-state index in [2.05, 4.69) is 22.3 Å². The summed E-state index contributed by atoms with van der Waals surface area (Å²) >= 11 is 3.06. The highest BCUT2D eigenvalue weighted by atomic mass is 32.1. The number of fused-ring (bicyclic) bond motifs is 1. The largest absolute Gasteiger partial charge is 0.481 e. The lowest BCUT2D eigenvalue weighted by atomic mass is 10.1. The van der Waals surface area contributed by atoms with Gasteiger partial charge in [0.15, 0.2) is 0 Å². The number of ether oxygens (including phenoxy) is 1. The second kappa shape index (κ2) is 8.63. The minimum Gasteiger partial charge on any atom is -0.481 e. The second-order valence-electron chi connectivity index (χ2n) is 8.20. The molecule has 1 saturated carbocycles. The van der Waals surface area contributed by atoms with Gasteiger partial charge in [0, 0.05) is 21.3 Å². The molecule has 3 aromatic heterocycles. The van der Waals surface area contributed by atoms with E-state index < -0.39 is 23.6 Å². The van der Waals surface area contributed by atoms with Crippen molar-refractivity contribution >= 4 is 50.0 Å². The van der Waals surface area contributed by atoms with Gasteiger partial charge in [0.2, 0.25) is 0 Å². The molecule has 4 aromatic rings. The van der Waals surface area contributed by atoms with Crippen molar-refractivity contribution in [2.45, 2.75) is 31.3 Å². The summed E-state index contributed by atoms with van der Waals surface area (Å²) in [6.45, 7) is 1.81. The van der Waals surface area contributed by atoms with E-state index in [1.54, 1.807) is 17.9 Å². The molecule has 2 N–H and O–H groups in total. The van der Waals surface area contributed by atoms with Crippen LogP contribution in [-0.4, -0.2) is 26.9 Å². The molecule has 172 valence electrons. The average molecular weight is 492 g/mol. The van der Waals surface area contributed by atoms with Gasteiger partial charge >= 0.3 is 12.1 Å². The maximum atomic E-state index is 12.5. The number of benzene rings is 1. The molecule has 1 aliphatic carbocycles. The van der Waals surface area contributed by atoms with Crippen molar-refractivity contribution in [2.24, 2.45) is 7.05 Å². The maximum Gasteiger partial charge on any atom is 0.413 e. The smallest absolute Gasteiger partial charge is 0.413 e. The van der Waals surface area contributed by atoms with Gasteiger partial charge in [0.1, 0.15) is 17.3 Å². The number of aliphatic carboxylic acids is 1. The van der Waals surface area contributed by atoms with Crippen molar-refractivity contribution in [1.82, 2.24) is 9.78 Å². The molecule has 5 rings (SSSR count). The van der Waals surface area contributed by atoms with Crippen molar-refractivity contribution in [1.29, 1.82) is 0 Å². The Labute approximate surface area is 204 Å². The summed E-state index contributed by atoms with van der Waals surface area (Å²) in [4.78, 5) is 25.8. The Morgan fingerprint density at radius 2 is 1.91 bits per heavy atom. The lowest BCUT2D eigenvalue weighted by Crippen LogP contribution is -2.18. The standard InChI is InChI=1S/C25H21N3O4S2/c1-15(16-6-4-3-5-7-16)32-24(31)27-22-17(14-26-28(22)2)8-9-18-12-19-20(33-18)13-21(34-19)25(10-11-25)23(29)30/h3-7,12-15H,10-11H2,1-2H3,(H,27,31)(H,29,30). The van der Waals surface area contributed by atoms with Gasteiger partial charge < -0.3 is 9.84 Å². The van der Waals surface area contributed by atoms with Gasteiger partial charge in [-0.1, -0.05) is 42.2 Å². The van der Waals surface area contributed by atoms with Crippen LogP contribution in [0.15, 0.2) is 48.7 Å². The lowest BCUT2D eigenvalue weighted by Gasteiger charge is -2.14. The third-order valence-corrected chi connectivity index (χ3v) is 8.28. The van der Waals surface area contributed by atoms with Crippen LogP contribution in [0.1, 0.15) is 46.8 Å². The Hall–Kier alpha value is -3.61. The molecule has 0 spiro atoms. The van der Waals surface area contributed by atoms with E-state index >= 15 is 0 Å². The number of nitrogens with zero attached hydrogens (tertiary/aromatic N) is 2. The summed E-state index contributed by atoms with van der Waals surface area (Å²) in [7, 11) is 1.72. The van der Waals surface area contributed by atoms with E-state index in [4.69, 9.17) is 4.74 Å². The van der Waals surface area contributed by atoms with Gasteiger partial charge in [-0.2, -0.15) is 5.10 Å². The number of aryl methyl sites for hydroxylation is 1. The SMILES string of the molecule is CC(OC(=O)Nc1c(C#Cc2cc3sc(C4(C(=O)O)CC4)cc3s2)cnn1C)c1ccccc1. The zero-order chi connectivity index (χ0) is 23.9. The molecule has 0 aliphatic heterocycles.